The van der Waals surface area contributed by atoms with Crippen LogP contribution in [0, 0.1) is 5.41 Å². The maximum absolute atomic E-state index is 12.2. The van der Waals surface area contributed by atoms with Crippen molar-refractivity contribution in [3.8, 4) is 0 Å². The fraction of sp³-hybridized carbons (Fsp3) is 0.267. The number of nitrogens with zero attached hydrogens (tertiary/aromatic N) is 1. The molecule has 9 heteroatoms. The van der Waals surface area contributed by atoms with Crippen molar-refractivity contribution in [2.75, 3.05) is 23.8 Å². The van der Waals surface area contributed by atoms with E-state index in [9.17, 15) is 4.79 Å². The fourth-order valence-corrected chi connectivity index (χ4v) is 2.50. The van der Waals surface area contributed by atoms with Crippen LogP contribution in [0.4, 0.5) is 11.6 Å². The minimum absolute atomic E-state index is 0.0709. The molecule has 1 aliphatic rings. The highest BCUT2D eigenvalue weighted by Crippen LogP contribution is 2.23. The number of hydrogen-bond donors (Lipinski definition) is 4. The van der Waals surface area contributed by atoms with Gasteiger partial charge in [0.2, 0.25) is 5.95 Å². The lowest BCUT2D eigenvalue weighted by atomic mass is 10.2. The van der Waals surface area contributed by atoms with E-state index >= 15 is 0 Å². The van der Waals surface area contributed by atoms with Crippen molar-refractivity contribution in [3.63, 3.8) is 0 Å². The number of rotatable bonds is 6. The number of H-pyrrole nitrogens is 1. The molecule has 7 nitrogen and oxygen atoms in total. The molecule has 0 atom stereocenters. The van der Waals surface area contributed by atoms with Crippen molar-refractivity contribution in [3.05, 3.63) is 49.9 Å². The van der Waals surface area contributed by atoms with Gasteiger partial charge in [0.25, 0.3) is 5.56 Å². The summed E-state index contributed by atoms with van der Waals surface area (Å²) in [5.74, 6) is 0.278. The molecule has 0 bridgehead atoms. The van der Waals surface area contributed by atoms with E-state index < -0.39 is 0 Å². The first kappa shape index (κ1) is 16.8. The van der Waals surface area contributed by atoms with Crippen LogP contribution >= 0.6 is 23.2 Å². The van der Waals surface area contributed by atoms with Gasteiger partial charge in [-0.25, -0.2) is 4.98 Å². The van der Waals surface area contributed by atoms with Gasteiger partial charge in [-0.1, -0.05) is 29.3 Å². The number of ether oxygens (including phenoxy) is 1. The zero-order chi connectivity index (χ0) is 17.1. The van der Waals surface area contributed by atoms with E-state index in [1.165, 1.54) is 0 Å². The van der Waals surface area contributed by atoms with Gasteiger partial charge in [-0.05, 0) is 17.7 Å². The van der Waals surface area contributed by atoms with Crippen LogP contribution in [0.25, 0.3) is 0 Å². The molecule has 0 aliphatic carbocycles. The summed E-state index contributed by atoms with van der Waals surface area (Å²) in [6, 6.07) is 5.33. The molecule has 1 aromatic heterocycles. The van der Waals surface area contributed by atoms with Gasteiger partial charge in [0.15, 0.2) is 0 Å². The Labute approximate surface area is 147 Å². The SMILES string of the molecule is N=Cc1nc(NCc2ccc(Cl)c(Cl)c2)[nH]c(=O)c1NC1COC1. The molecule has 1 fully saturated rings. The number of hydrogen-bond acceptors (Lipinski definition) is 6. The molecule has 1 aliphatic heterocycles. The van der Waals surface area contributed by atoms with Gasteiger partial charge in [-0.2, -0.15) is 0 Å². The first-order chi connectivity index (χ1) is 11.6. The van der Waals surface area contributed by atoms with Crippen LogP contribution in [0.2, 0.25) is 10.0 Å². The van der Waals surface area contributed by atoms with Crippen molar-refractivity contribution in [1.82, 2.24) is 9.97 Å². The highest BCUT2D eigenvalue weighted by atomic mass is 35.5. The van der Waals surface area contributed by atoms with Crippen LogP contribution in [0.1, 0.15) is 11.3 Å². The summed E-state index contributed by atoms with van der Waals surface area (Å²) in [5, 5.41) is 14.5. The molecule has 1 aromatic carbocycles. The van der Waals surface area contributed by atoms with E-state index in [-0.39, 0.29) is 28.9 Å². The van der Waals surface area contributed by atoms with Crippen molar-refractivity contribution in [2.24, 2.45) is 0 Å². The summed E-state index contributed by atoms with van der Waals surface area (Å²) in [6.45, 7) is 1.48. The van der Waals surface area contributed by atoms with E-state index in [0.29, 0.717) is 29.8 Å². The number of halogens is 2. The first-order valence-electron chi connectivity index (χ1n) is 7.23. The van der Waals surface area contributed by atoms with E-state index in [0.717, 1.165) is 11.8 Å². The molecule has 24 heavy (non-hydrogen) atoms. The highest BCUT2D eigenvalue weighted by molar-refractivity contribution is 6.42. The zero-order valence-corrected chi connectivity index (χ0v) is 14.0. The number of aromatic amines is 1. The van der Waals surface area contributed by atoms with Gasteiger partial charge in [0.05, 0.1) is 29.3 Å². The van der Waals surface area contributed by atoms with Crippen molar-refractivity contribution < 1.29 is 4.74 Å². The maximum atomic E-state index is 12.2. The summed E-state index contributed by atoms with van der Waals surface area (Å²) in [5.41, 5.74) is 1.09. The number of aromatic nitrogens is 2. The average Bonchev–Trinajstić information content (AvgIpc) is 2.52. The molecule has 0 spiro atoms. The Hall–Kier alpha value is -2.09. The number of nitrogens with one attached hydrogen (secondary N) is 4. The van der Waals surface area contributed by atoms with Gasteiger partial charge < -0.3 is 20.8 Å². The smallest absolute Gasteiger partial charge is 0.276 e. The van der Waals surface area contributed by atoms with Gasteiger partial charge in [0, 0.05) is 12.8 Å². The monoisotopic (exact) mass is 367 g/mol. The lowest BCUT2D eigenvalue weighted by molar-refractivity contribution is 0.0210. The molecule has 1 saturated heterocycles. The van der Waals surface area contributed by atoms with E-state index in [1.54, 1.807) is 12.1 Å². The minimum Gasteiger partial charge on any atom is -0.377 e. The van der Waals surface area contributed by atoms with Crippen LogP contribution < -0.4 is 16.2 Å². The Morgan fingerprint density at radius 2 is 2.17 bits per heavy atom. The lowest BCUT2D eigenvalue weighted by Crippen LogP contribution is -2.42. The molecular formula is C15H15Cl2N5O2. The summed E-state index contributed by atoms with van der Waals surface area (Å²) in [6.07, 6.45) is 1.04. The normalized spacial score (nSPS) is 14.1. The molecule has 3 rings (SSSR count). The molecule has 4 N–H and O–H groups in total. The van der Waals surface area contributed by atoms with Gasteiger partial charge in [-0.15, -0.1) is 0 Å². The summed E-state index contributed by atoms with van der Waals surface area (Å²) in [7, 11) is 0. The van der Waals surface area contributed by atoms with E-state index in [2.05, 4.69) is 20.6 Å². The minimum atomic E-state index is -0.341. The lowest BCUT2D eigenvalue weighted by Gasteiger charge is -2.27. The molecule has 0 saturated carbocycles. The van der Waals surface area contributed by atoms with Crippen molar-refractivity contribution in [1.29, 1.82) is 5.41 Å². The molecule has 2 heterocycles. The van der Waals surface area contributed by atoms with Crippen LogP contribution in [0.3, 0.4) is 0 Å². The fourth-order valence-electron chi connectivity index (χ4n) is 2.18. The largest absolute Gasteiger partial charge is 0.377 e. The second-order valence-electron chi connectivity index (χ2n) is 5.30. The first-order valence-corrected chi connectivity index (χ1v) is 7.99. The Kier molecular flexibility index (Phi) is 5.03. The van der Waals surface area contributed by atoms with Crippen LogP contribution in [-0.2, 0) is 11.3 Å². The third-order valence-electron chi connectivity index (χ3n) is 3.51. The summed E-state index contributed by atoms with van der Waals surface area (Å²) in [4.78, 5) is 19.1. The Balaban J connectivity index is 1.75. The van der Waals surface area contributed by atoms with Gasteiger partial charge in [-0.3, -0.25) is 9.78 Å². The van der Waals surface area contributed by atoms with Crippen molar-refractivity contribution in [2.45, 2.75) is 12.6 Å². The molecule has 126 valence electrons. The standard InChI is InChI=1S/C15H15Cl2N5O2/c16-10-2-1-8(3-11(10)17)5-19-15-21-12(4-18)13(14(23)22-15)20-9-6-24-7-9/h1-4,9,18,20H,5-7H2,(H2,19,21,22,23). The zero-order valence-electron chi connectivity index (χ0n) is 12.5. The third kappa shape index (κ3) is 3.69. The molecule has 0 radical (unpaired) electrons. The summed E-state index contributed by atoms with van der Waals surface area (Å²) < 4.78 is 5.07. The predicted octanol–water partition coefficient (Wildman–Crippen LogP) is 2.50. The second kappa shape index (κ2) is 7.21. The Morgan fingerprint density at radius 3 is 2.79 bits per heavy atom. The molecule has 2 aromatic rings. The van der Waals surface area contributed by atoms with Crippen LogP contribution in [0.15, 0.2) is 23.0 Å². The van der Waals surface area contributed by atoms with E-state index in [4.69, 9.17) is 33.3 Å². The second-order valence-corrected chi connectivity index (χ2v) is 6.11. The van der Waals surface area contributed by atoms with Crippen molar-refractivity contribution >= 4 is 41.1 Å². The van der Waals surface area contributed by atoms with Crippen LogP contribution in [0.5, 0.6) is 0 Å². The van der Waals surface area contributed by atoms with Crippen LogP contribution in [-0.4, -0.2) is 35.4 Å². The average molecular weight is 368 g/mol. The topological polar surface area (TPSA) is 103 Å². The highest BCUT2D eigenvalue weighted by Gasteiger charge is 2.21. The third-order valence-corrected chi connectivity index (χ3v) is 4.25. The molecular weight excluding hydrogens is 353 g/mol. The number of benzene rings is 1. The predicted molar refractivity (Wildman–Crippen MR) is 94.8 cm³/mol. The molecule has 0 amide bonds. The summed E-state index contributed by atoms with van der Waals surface area (Å²) >= 11 is 11.9. The van der Waals surface area contributed by atoms with Gasteiger partial charge >= 0.3 is 0 Å². The Morgan fingerprint density at radius 1 is 1.38 bits per heavy atom. The maximum Gasteiger partial charge on any atom is 0.276 e. The number of anilines is 2. The Bertz CT molecular complexity index is 820. The molecule has 0 unspecified atom stereocenters. The quantitative estimate of drug-likeness (QED) is 0.587. The van der Waals surface area contributed by atoms with Gasteiger partial charge in [0.1, 0.15) is 11.4 Å². The van der Waals surface area contributed by atoms with E-state index in [1.807, 2.05) is 6.07 Å².